The predicted octanol–water partition coefficient (Wildman–Crippen LogP) is 1.79. The number of carbonyl (C=O) groups excluding carboxylic acids is 1. The van der Waals surface area contributed by atoms with Gasteiger partial charge in [0.25, 0.3) is 11.6 Å². The van der Waals surface area contributed by atoms with Crippen LogP contribution < -0.4 is 14.9 Å². The van der Waals surface area contributed by atoms with E-state index in [1.807, 2.05) is 0 Å². The molecular weight excluding hydrogens is 318 g/mol. The van der Waals surface area contributed by atoms with Gasteiger partial charge in [0.15, 0.2) is 11.5 Å². The second-order valence-electron chi connectivity index (χ2n) is 4.74. The van der Waals surface area contributed by atoms with Crippen LogP contribution in [0.2, 0.25) is 0 Å². The van der Waals surface area contributed by atoms with Gasteiger partial charge in [-0.15, -0.1) is 0 Å². The molecule has 0 fully saturated rings. The summed E-state index contributed by atoms with van der Waals surface area (Å²) in [5.74, 6) is -0.210. The van der Waals surface area contributed by atoms with Crippen LogP contribution in [0.25, 0.3) is 0 Å². The molecule has 2 aromatic rings. The summed E-state index contributed by atoms with van der Waals surface area (Å²) >= 11 is 0. The number of hydrogen-bond donors (Lipinski definition) is 2. The molecule has 1 aliphatic heterocycles. The van der Waals surface area contributed by atoms with Crippen molar-refractivity contribution in [1.29, 1.82) is 0 Å². The second kappa shape index (κ2) is 6.24. The van der Waals surface area contributed by atoms with Gasteiger partial charge in [0.1, 0.15) is 5.75 Å². The SMILES string of the molecule is O=C(N/N=C/c1cc2c(cc1[N+](=O)[O-])OCO2)c1ccccc1O. The number of hydrazone groups is 1. The topological polar surface area (TPSA) is 123 Å². The molecule has 122 valence electrons. The lowest BCUT2D eigenvalue weighted by atomic mass is 10.1. The third-order valence-corrected chi connectivity index (χ3v) is 3.24. The van der Waals surface area contributed by atoms with Crippen LogP contribution in [0.1, 0.15) is 15.9 Å². The van der Waals surface area contributed by atoms with E-state index in [-0.39, 0.29) is 35.1 Å². The lowest BCUT2D eigenvalue weighted by molar-refractivity contribution is -0.385. The largest absolute Gasteiger partial charge is 0.507 e. The van der Waals surface area contributed by atoms with Crippen LogP contribution in [0.4, 0.5) is 5.69 Å². The van der Waals surface area contributed by atoms with E-state index in [1.165, 1.54) is 24.3 Å². The number of fused-ring (bicyclic) bond motifs is 1. The molecule has 0 saturated heterocycles. The van der Waals surface area contributed by atoms with Crippen LogP contribution in [0.5, 0.6) is 17.2 Å². The number of aromatic hydroxyl groups is 1. The summed E-state index contributed by atoms with van der Waals surface area (Å²) in [6.07, 6.45) is 1.12. The molecule has 0 bridgehead atoms. The molecule has 9 nitrogen and oxygen atoms in total. The number of benzene rings is 2. The summed E-state index contributed by atoms with van der Waals surface area (Å²) < 4.78 is 10.2. The fourth-order valence-corrected chi connectivity index (χ4v) is 2.09. The molecule has 0 spiro atoms. The monoisotopic (exact) mass is 329 g/mol. The summed E-state index contributed by atoms with van der Waals surface area (Å²) in [7, 11) is 0. The van der Waals surface area contributed by atoms with Gasteiger partial charge < -0.3 is 14.6 Å². The molecule has 3 rings (SSSR count). The van der Waals surface area contributed by atoms with Gasteiger partial charge >= 0.3 is 0 Å². The van der Waals surface area contributed by atoms with Crippen LogP contribution in [0.15, 0.2) is 41.5 Å². The van der Waals surface area contributed by atoms with E-state index < -0.39 is 10.8 Å². The Bertz CT molecular complexity index is 849. The van der Waals surface area contributed by atoms with Crippen molar-refractivity contribution in [1.82, 2.24) is 5.43 Å². The van der Waals surface area contributed by atoms with Crippen LogP contribution in [-0.4, -0.2) is 28.9 Å². The number of carbonyl (C=O) groups is 1. The Morgan fingerprint density at radius 2 is 2.00 bits per heavy atom. The Kier molecular flexibility index (Phi) is 3.98. The van der Waals surface area contributed by atoms with Gasteiger partial charge in [0, 0.05) is 0 Å². The first-order chi connectivity index (χ1) is 11.6. The summed E-state index contributed by atoms with van der Waals surface area (Å²) in [6, 6.07) is 8.57. The smallest absolute Gasteiger partial charge is 0.282 e. The van der Waals surface area contributed by atoms with Crippen molar-refractivity contribution in [3.05, 3.63) is 57.6 Å². The average Bonchev–Trinajstić information content (AvgIpc) is 3.01. The highest BCUT2D eigenvalue weighted by Crippen LogP contribution is 2.37. The molecule has 0 unspecified atom stereocenters. The highest BCUT2D eigenvalue weighted by Gasteiger charge is 2.22. The number of phenolic OH excluding ortho intramolecular Hbond substituents is 1. The number of nitro groups is 1. The Hall–Kier alpha value is -3.62. The standard InChI is InChI=1S/C15H11N3O6/c19-12-4-2-1-3-10(12)15(20)17-16-7-9-5-13-14(24-8-23-13)6-11(9)18(21)22/h1-7,19H,8H2,(H,17,20)/b16-7+. The van der Waals surface area contributed by atoms with Crippen LogP contribution in [0.3, 0.4) is 0 Å². The Balaban J connectivity index is 1.81. The van der Waals surface area contributed by atoms with Gasteiger partial charge in [-0.3, -0.25) is 14.9 Å². The normalized spacial score (nSPS) is 12.3. The maximum atomic E-state index is 11.9. The zero-order valence-corrected chi connectivity index (χ0v) is 12.1. The zero-order chi connectivity index (χ0) is 17.1. The maximum absolute atomic E-state index is 11.9. The van der Waals surface area contributed by atoms with Gasteiger partial charge in [-0.05, 0) is 18.2 Å². The van der Waals surface area contributed by atoms with E-state index in [0.29, 0.717) is 5.75 Å². The van der Waals surface area contributed by atoms with E-state index >= 15 is 0 Å². The van der Waals surface area contributed by atoms with Crippen molar-refractivity contribution >= 4 is 17.8 Å². The minimum absolute atomic E-state index is 0.0168. The molecule has 24 heavy (non-hydrogen) atoms. The molecular formula is C15H11N3O6. The van der Waals surface area contributed by atoms with E-state index in [0.717, 1.165) is 6.21 Å². The lowest BCUT2D eigenvalue weighted by Gasteiger charge is -2.03. The number of amides is 1. The van der Waals surface area contributed by atoms with Gasteiger partial charge in [0.05, 0.1) is 28.3 Å². The molecule has 9 heteroatoms. The van der Waals surface area contributed by atoms with Gasteiger partial charge in [-0.2, -0.15) is 5.10 Å². The van der Waals surface area contributed by atoms with E-state index in [4.69, 9.17) is 9.47 Å². The molecule has 0 radical (unpaired) electrons. The molecule has 0 aliphatic carbocycles. The Morgan fingerprint density at radius 3 is 2.71 bits per heavy atom. The fourth-order valence-electron chi connectivity index (χ4n) is 2.09. The summed E-state index contributed by atoms with van der Waals surface area (Å²) in [5, 5.41) is 24.4. The third kappa shape index (κ3) is 2.95. The average molecular weight is 329 g/mol. The predicted molar refractivity (Wildman–Crippen MR) is 82.4 cm³/mol. The highest BCUT2D eigenvalue weighted by molar-refractivity contribution is 5.97. The number of rotatable bonds is 4. The molecule has 1 aliphatic rings. The molecule has 1 heterocycles. The van der Waals surface area contributed by atoms with Crippen molar-refractivity contribution in [3.8, 4) is 17.2 Å². The number of nitro benzene ring substituents is 1. The van der Waals surface area contributed by atoms with Crippen molar-refractivity contribution in [2.24, 2.45) is 5.10 Å². The van der Waals surface area contributed by atoms with E-state index in [9.17, 15) is 20.0 Å². The van der Waals surface area contributed by atoms with Crippen LogP contribution in [-0.2, 0) is 0 Å². The molecule has 2 N–H and O–H groups in total. The van der Waals surface area contributed by atoms with Crippen molar-refractivity contribution in [3.63, 3.8) is 0 Å². The van der Waals surface area contributed by atoms with Crippen molar-refractivity contribution < 1.29 is 24.3 Å². The molecule has 1 amide bonds. The fraction of sp³-hybridized carbons (Fsp3) is 0.0667. The first-order valence-electron chi connectivity index (χ1n) is 6.75. The second-order valence-corrected chi connectivity index (χ2v) is 4.74. The van der Waals surface area contributed by atoms with Gasteiger partial charge in [-0.1, -0.05) is 12.1 Å². The third-order valence-electron chi connectivity index (χ3n) is 3.24. The number of nitrogens with zero attached hydrogens (tertiary/aromatic N) is 2. The maximum Gasteiger partial charge on any atom is 0.282 e. The minimum atomic E-state index is -0.646. The number of hydrogen-bond acceptors (Lipinski definition) is 7. The van der Waals surface area contributed by atoms with E-state index in [2.05, 4.69) is 10.5 Å². The number of nitrogens with one attached hydrogen (secondary N) is 1. The molecule has 0 aromatic heterocycles. The molecule has 2 aromatic carbocycles. The summed E-state index contributed by atoms with van der Waals surface area (Å²) in [4.78, 5) is 22.4. The Labute approximate surface area is 135 Å². The van der Waals surface area contributed by atoms with Crippen LogP contribution >= 0.6 is 0 Å². The minimum Gasteiger partial charge on any atom is -0.507 e. The molecule has 0 atom stereocenters. The van der Waals surface area contributed by atoms with Crippen molar-refractivity contribution in [2.45, 2.75) is 0 Å². The number of para-hydroxylation sites is 1. The van der Waals surface area contributed by atoms with Gasteiger partial charge in [0.2, 0.25) is 6.79 Å². The number of ether oxygens (including phenoxy) is 2. The summed E-state index contributed by atoms with van der Waals surface area (Å²) in [5.41, 5.74) is 2.14. The zero-order valence-electron chi connectivity index (χ0n) is 12.1. The van der Waals surface area contributed by atoms with Gasteiger partial charge in [-0.25, -0.2) is 5.43 Å². The summed E-state index contributed by atoms with van der Waals surface area (Å²) in [6.45, 7) is -0.0168. The number of phenols is 1. The quantitative estimate of drug-likeness (QED) is 0.501. The lowest BCUT2D eigenvalue weighted by Crippen LogP contribution is -2.17. The Morgan fingerprint density at radius 1 is 1.29 bits per heavy atom. The molecule has 0 saturated carbocycles. The van der Waals surface area contributed by atoms with Crippen LogP contribution in [0, 0.1) is 10.1 Å². The first-order valence-corrected chi connectivity index (χ1v) is 6.75. The van der Waals surface area contributed by atoms with Crippen molar-refractivity contribution in [2.75, 3.05) is 6.79 Å². The first kappa shape index (κ1) is 15.3. The van der Waals surface area contributed by atoms with E-state index in [1.54, 1.807) is 12.1 Å². The highest BCUT2D eigenvalue weighted by atomic mass is 16.7.